The van der Waals surface area contributed by atoms with Crippen LogP contribution >= 0.6 is 12.4 Å². The normalized spacial score (nSPS) is 19.7. The second kappa shape index (κ2) is 7.48. The van der Waals surface area contributed by atoms with Gasteiger partial charge in [0.15, 0.2) is 0 Å². The van der Waals surface area contributed by atoms with Crippen molar-refractivity contribution in [3.05, 3.63) is 35.4 Å². The third kappa shape index (κ3) is 4.20. The number of benzene rings is 1. The summed E-state index contributed by atoms with van der Waals surface area (Å²) in [5, 5.41) is 0. The highest BCUT2D eigenvalue weighted by molar-refractivity contribution is 5.92. The van der Waals surface area contributed by atoms with E-state index in [9.17, 15) is 4.79 Å². The monoisotopic (exact) mass is 283 g/mol. The Morgan fingerprint density at radius 2 is 1.95 bits per heavy atom. The number of nitrogens with two attached hydrogens (primary N) is 2. The van der Waals surface area contributed by atoms with E-state index in [0.29, 0.717) is 11.6 Å². The molecule has 0 aliphatic carbocycles. The van der Waals surface area contributed by atoms with E-state index in [1.807, 2.05) is 12.1 Å². The van der Waals surface area contributed by atoms with Crippen LogP contribution in [-0.4, -0.2) is 29.9 Å². The first kappa shape index (κ1) is 16.0. The largest absolute Gasteiger partial charge is 0.366 e. The number of rotatable bonds is 4. The van der Waals surface area contributed by atoms with Crippen LogP contribution < -0.4 is 11.5 Å². The van der Waals surface area contributed by atoms with E-state index in [4.69, 9.17) is 11.5 Å². The minimum Gasteiger partial charge on any atom is -0.366 e. The Labute approximate surface area is 120 Å². The van der Waals surface area contributed by atoms with Crippen molar-refractivity contribution >= 4 is 18.3 Å². The lowest BCUT2D eigenvalue weighted by Gasteiger charge is -2.35. The maximum absolute atomic E-state index is 11.0. The van der Waals surface area contributed by atoms with Gasteiger partial charge in [0, 0.05) is 24.7 Å². The summed E-state index contributed by atoms with van der Waals surface area (Å²) in [6.07, 6.45) is 3.71. The molecular formula is C14H22ClN3O. The van der Waals surface area contributed by atoms with Gasteiger partial charge in [0.25, 0.3) is 0 Å². The average molecular weight is 284 g/mol. The molecule has 1 aromatic rings. The topological polar surface area (TPSA) is 72.3 Å². The summed E-state index contributed by atoms with van der Waals surface area (Å²) in [7, 11) is 0. The SMILES string of the molecule is Cl.NCC1CCCCN1Cc1ccc(C(N)=O)cc1. The fraction of sp³-hybridized carbons (Fsp3) is 0.500. The third-order valence-electron chi connectivity index (χ3n) is 3.65. The van der Waals surface area contributed by atoms with E-state index in [1.54, 1.807) is 12.1 Å². The zero-order chi connectivity index (χ0) is 13.0. The minimum atomic E-state index is -0.376. The van der Waals surface area contributed by atoms with Crippen molar-refractivity contribution in [2.24, 2.45) is 11.5 Å². The number of carbonyl (C=O) groups is 1. The highest BCUT2D eigenvalue weighted by Crippen LogP contribution is 2.19. The Hall–Kier alpha value is -1.10. The quantitative estimate of drug-likeness (QED) is 0.880. The number of primary amides is 1. The smallest absolute Gasteiger partial charge is 0.248 e. The predicted octanol–water partition coefficient (Wildman–Crippen LogP) is 1.52. The van der Waals surface area contributed by atoms with Crippen LogP contribution in [0, 0.1) is 0 Å². The van der Waals surface area contributed by atoms with Gasteiger partial charge in [-0.25, -0.2) is 0 Å². The third-order valence-corrected chi connectivity index (χ3v) is 3.65. The van der Waals surface area contributed by atoms with Gasteiger partial charge in [-0.05, 0) is 37.1 Å². The summed E-state index contributed by atoms with van der Waals surface area (Å²) < 4.78 is 0. The van der Waals surface area contributed by atoms with Crippen molar-refractivity contribution in [1.29, 1.82) is 0 Å². The summed E-state index contributed by atoms with van der Waals surface area (Å²) in [5.41, 5.74) is 12.8. The van der Waals surface area contributed by atoms with Gasteiger partial charge in [-0.2, -0.15) is 0 Å². The molecule has 106 valence electrons. The molecule has 1 heterocycles. The number of halogens is 1. The van der Waals surface area contributed by atoms with Crippen molar-refractivity contribution < 1.29 is 4.79 Å². The highest BCUT2D eigenvalue weighted by atomic mass is 35.5. The molecule has 1 fully saturated rings. The van der Waals surface area contributed by atoms with E-state index in [2.05, 4.69) is 4.90 Å². The molecule has 4 N–H and O–H groups in total. The number of amides is 1. The van der Waals surface area contributed by atoms with Gasteiger partial charge in [0.1, 0.15) is 0 Å². The fourth-order valence-electron chi connectivity index (χ4n) is 2.54. The van der Waals surface area contributed by atoms with Crippen molar-refractivity contribution in [1.82, 2.24) is 4.90 Å². The molecule has 1 atom stereocenters. The molecule has 1 aromatic carbocycles. The lowest BCUT2D eigenvalue weighted by atomic mass is 10.0. The molecule has 5 heteroatoms. The van der Waals surface area contributed by atoms with E-state index in [1.165, 1.54) is 24.8 Å². The Balaban J connectivity index is 0.00000180. The molecule has 0 radical (unpaired) electrons. The molecular weight excluding hydrogens is 262 g/mol. The second-order valence-electron chi connectivity index (χ2n) is 4.92. The van der Waals surface area contributed by atoms with Crippen molar-refractivity contribution in [3.63, 3.8) is 0 Å². The summed E-state index contributed by atoms with van der Waals surface area (Å²) in [6.45, 7) is 2.74. The average Bonchev–Trinajstić information content (AvgIpc) is 2.40. The minimum absolute atomic E-state index is 0. The number of hydrogen-bond acceptors (Lipinski definition) is 3. The Morgan fingerprint density at radius 1 is 1.26 bits per heavy atom. The molecule has 0 saturated carbocycles. The Morgan fingerprint density at radius 3 is 2.53 bits per heavy atom. The maximum Gasteiger partial charge on any atom is 0.248 e. The van der Waals surface area contributed by atoms with Crippen LogP contribution in [-0.2, 0) is 6.54 Å². The van der Waals surface area contributed by atoms with Gasteiger partial charge < -0.3 is 11.5 Å². The Bertz CT molecular complexity index is 408. The molecule has 1 unspecified atom stereocenters. The zero-order valence-corrected chi connectivity index (χ0v) is 11.9. The van der Waals surface area contributed by atoms with Crippen LogP contribution in [0.5, 0.6) is 0 Å². The molecule has 0 spiro atoms. The predicted molar refractivity (Wildman–Crippen MR) is 79.3 cm³/mol. The van der Waals surface area contributed by atoms with E-state index < -0.39 is 0 Å². The number of likely N-dealkylation sites (tertiary alicyclic amines) is 1. The molecule has 0 aromatic heterocycles. The number of piperidine rings is 1. The molecule has 1 aliphatic heterocycles. The number of nitrogens with zero attached hydrogens (tertiary/aromatic N) is 1. The van der Waals surface area contributed by atoms with Crippen LogP contribution in [0.1, 0.15) is 35.2 Å². The number of hydrogen-bond donors (Lipinski definition) is 2. The van der Waals surface area contributed by atoms with Crippen LogP contribution in [0.4, 0.5) is 0 Å². The van der Waals surface area contributed by atoms with Crippen LogP contribution in [0.2, 0.25) is 0 Å². The van der Waals surface area contributed by atoms with Gasteiger partial charge >= 0.3 is 0 Å². The molecule has 4 nitrogen and oxygen atoms in total. The lowest BCUT2D eigenvalue weighted by molar-refractivity contribution is 0.1000. The molecule has 1 saturated heterocycles. The van der Waals surface area contributed by atoms with E-state index in [0.717, 1.165) is 19.6 Å². The Kier molecular flexibility index (Phi) is 6.28. The molecule has 1 aliphatic rings. The highest BCUT2D eigenvalue weighted by Gasteiger charge is 2.20. The molecule has 2 rings (SSSR count). The van der Waals surface area contributed by atoms with E-state index >= 15 is 0 Å². The van der Waals surface area contributed by atoms with Gasteiger partial charge in [-0.3, -0.25) is 9.69 Å². The fourth-order valence-corrected chi connectivity index (χ4v) is 2.54. The van der Waals surface area contributed by atoms with Crippen molar-refractivity contribution in [3.8, 4) is 0 Å². The van der Waals surface area contributed by atoms with Gasteiger partial charge in [-0.1, -0.05) is 18.6 Å². The first-order chi connectivity index (χ1) is 8.70. The van der Waals surface area contributed by atoms with Crippen molar-refractivity contribution in [2.45, 2.75) is 31.8 Å². The maximum atomic E-state index is 11.0. The summed E-state index contributed by atoms with van der Waals surface area (Å²) in [5.74, 6) is -0.376. The van der Waals surface area contributed by atoms with E-state index in [-0.39, 0.29) is 18.3 Å². The molecule has 19 heavy (non-hydrogen) atoms. The lowest BCUT2D eigenvalue weighted by Crippen LogP contribution is -2.43. The van der Waals surface area contributed by atoms with Gasteiger partial charge in [0.05, 0.1) is 0 Å². The van der Waals surface area contributed by atoms with Crippen LogP contribution in [0.3, 0.4) is 0 Å². The molecule has 1 amide bonds. The van der Waals surface area contributed by atoms with Crippen LogP contribution in [0.25, 0.3) is 0 Å². The van der Waals surface area contributed by atoms with Crippen LogP contribution in [0.15, 0.2) is 24.3 Å². The molecule has 0 bridgehead atoms. The van der Waals surface area contributed by atoms with Gasteiger partial charge in [-0.15, -0.1) is 12.4 Å². The second-order valence-corrected chi connectivity index (χ2v) is 4.92. The standard InChI is InChI=1S/C14H21N3O.ClH/c15-9-13-3-1-2-8-17(13)10-11-4-6-12(7-5-11)14(16)18;/h4-7,13H,1-3,8-10,15H2,(H2,16,18);1H. The summed E-state index contributed by atoms with van der Waals surface area (Å²) in [4.78, 5) is 13.4. The first-order valence-corrected chi connectivity index (χ1v) is 6.53. The summed E-state index contributed by atoms with van der Waals surface area (Å²) >= 11 is 0. The van der Waals surface area contributed by atoms with Gasteiger partial charge in [0.2, 0.25) is 5.91 Å². The van der Waals surface area contributed by atoms with Crippen molar-refractivity contribution in [2.75, 3.05) is 13.1 Å². The number of carbonyl (C=O) groups excluding carboxylic acids is 1. The first-order valence-electron chi connectivity index (χ1n) is 6.53. The zero-order valence-electron chi connectivity index (χ0n) is 11.0. The summed E-state index contributed by atoms with van der Waals surface area (Å²) in [6, 6.07) is 8.03.